The Balaban J connectivity index is 1.45. The molecule has 6 nitrogen and oxygen atoms in total. The van der Waals surface area contributed by atoms with Crippen LogP contribution >= 0.6 is 23.1 Å². The highest BCUT2D eigenvalue weighted by Crippen LogP contribution is 2.35. The summed E-state index contributed by atoms with van der Waals surface area (Å²) in [6.45, 7) is 5.49. The number of thiazole rings is 1. The average molecular weight is 457 g/mol. The topological polar surface area (TPSA) is 62.1 Å². The van der Waals surface area contributed by atoms with Gasteiger partial charge in [0.2, 0.25) is 5.91 Å². The van der Waals surface area contributed by atoms with Crippen LogP contribution in [0.5, 0.6) is 17.2 Å². The standard InChI is InChI=1S/C23H24N2O4S2/c1-3-10-25-18-14-19-20(29-12-11-28-19)15-21(18)31-23(25)24-22(26)5-4-13-30-17-8-6-16(27-2)7-9-17/h3,6-9,14-15H,1,4-5,10-13H2,2H3. The number of ether oxygens (including phenoxy) is 3. The summed E-state index contributed by atoms with van der Waals surface area (Å²) >= 11 is 3.20. The van der Waals surface area contributed by atoms with Gasteiger partial charge in [-0.15, -0.1) is 18.3 Å². The zero-order valence-corrected chi connectivity index (χ0v) is 19.0. The molecule has 0 N–H and O–H groups in total. The molecule has 0 bridgehead atoms. The number of fused-ring (bicyclic) bond motifs is 2. The Kier molecular flexibility index (Phi) is 6.99. The summed E-state index contributed by atoms with van der Waals surface area (Å²) in [6.07, 6.45) is 2.98. The van der Waals surface area contributed by atoms with Gasteiger partial charge in [0, 0.05) is 30.0 Å². The van der Waals surface area contributed by atoms with E-state index in [0.29, 0.717) is 31.0 Å². The largest absolute Gasteiger partial charge is 0.497 e. The number of methoxy groups -OCH3 is 1. The number of aromatic nitrogens is 1. The fourth-order valence-corrected chi connectivity index (χ4v) is 5.17. The van der Waals surface area contributed by atoms with Crippen LogP contribution in [0.25, 0.3) is 10.2 Å². The molecule has 0 fully saturated rings. The van der Waals surface area contributed by atoms with Crippen LogP contribution in [0.1, 0.15) is 12.8 Å². The first-order valence-electron chi connectivity index (χ1n) is 10.1. The Labute approximate surface area is 189 Å². The zero-order chi connectivity index (χ0) is 21.6. The van der Waals surface area contributed by atoms with Crippen molar-refractivity contribution in [2.24, 2.45) is 4.99 Å². The van der Waals surface area contributed by atoms with E-state index in [4.69, 9.17) is 14.2 Å². The molecule has 0 aliphatic carbocycles. The van der Waals surface area contributed by atoms with Gasteiger partial charge >= 0.3 is 0 Å². The molecule has 3 aromatic rings. The third-order valence-corrected chi connectivity index (χ3v) is 6.88. The monoisotopic (exact) mass is 456 g/mol. The molecule has 162 valence electrons. The normalized spacial score (nSPS) is 13.4. The minimum atomic E-state index is -0.114. The predicted molar refractivity (Wildman–Crippen MR) is 125 cm³/mol. The van der Waals surface area contributed by atoms with E-state index >= 15 is 0 Å². The fraction of sp³-hybridized carbons (Fsp3) is 0.304. The van der Waals surface area contributed by atoms with Gasteiger partial charge in [0.15, 0.2) is 16.3 Å². The van der Waals surface area contributed by atoms with Gasteiger partial charge in [-0.2, -0.15) is 4.99 Å². The van der Waals surface area contributed by atoms with Crippen molar-refractivity contribution in [3.63, 3.8) is 0 Å². The highest BCUT2D eigenvalue weighted by Gasteiger charge is 2.16. The van der Waals surface area contributed by atoms with Crippen LogP contribution < -0.4 is 19.0 Å². The zero-order valence-electron chi connectivity index (χ0n) is 17.3. The first kappa shape index (κ1) is 21.5. The summed E-state index contributed by atoms with van der Waals surface area (Å²) in [5.74, 6) is 3.04. The minimum absolute atomic E-state index is 0.114. The van der Waals surface area contributed by atoms with E-state index in [1.807, 2.05) is 41.0 Å². The molecule has 4 rings (SSSR count). The molecule has 0 atom stereocenters. The van der Waals surface area contributed by atoms with Crippen molar-refractivity contribution >= 4 is 39.2 Å². The third kappa shape index (κ3) is 5.14. The number of rotatable bonds is 8. The van der Waals surface area contributed by atoms with Crippen molar-refractivity contribution < 1.29 is 19.0 Å². The van der Waals surface area contributed by atoms with E-state index in [1.54, 1.807) is 24.9 Å². The lowest BCUT2D eigenvalue weighted by Gasteiger charge is -2.18. The Morgan fingerprint density at radius 1 is 1.26 bits per heavy atom. The summed E-state index contributed by atoms with van der Waals surface area (Å²) in [6, 6.07) is 11.9. The number of amides is 1. The van der Waals surface area contributed by atoms with Gasteiger partial charge in [-0.05, 0) is 36.4 Å². The van der Waals surface area contributed by atoms with Crippen LogP contribution in [0.3, 0.4) is 0 Å². The quantitative estimate of drug-likeness (QED) is 0.280. The molecule has 0 spiro atoms. The van der Waals surface area contributed by atoms with E-state index in [2.05, 4.69) is 11.6 Å². The summed E-state index contributed by atoms with van der Waals surface area (Å²) < 4.78 is 19.6. The maximum absolute atomic E-state index is 12.5. The van der Waals surface area contributed by atoms with Crippen LogP contribution in [0.2, 0.25) is 0 Å². The second-order valence-corrected chi connectivity index (χ2v) is 9.06. The molecule has 1 aliphatic rings. The molecule has 1 aromatic heterocycles. The van der Waals surface area contributed by atoms with Gasteiger partial charge in [-0.1, -0.05) is 17.4 Å². The van der Waals surface area contributed by atoms with Crippen molar-refractivity contribution in [1.82, 2.24) is 4.57 Å². The number of nitrogens with zero attached hydrogens (tertiary/aromatic N) is 2. The van der Waals surface area contributed by atoms with Crippen LogP contribution in [-0.2, 0) is 11.3 Å². The predicted octanol–water partition coefficient (Wildman–Crippen LogP) is 4.67. The van der Waals surface area contributed by atoms with Gasteiger partial charge in [0.05, 0.1) is 17.3 Å². The van der Waals surface area contributed by atoms with E-state index < -0.39 is 0 Å². The summed E-state index contributed by atoms with van der Waals surface area (Å²) in [4.78, 5) is 18.7. The lowest BCUT2D eigenvalue weighted by molar-refractivity contribution is -0.118. The number of benzene rings is 2. The highest BCUT2D eigenvalue weighted by molar-refractivity contribution is 7.99. The summed E-state index contributed by atoms with van der Waals surface area (Å²) in [7, 11) is 1.66. The molecule has 1 aliphatic heterocycles. The Morgan fingerprint density at radius 3 is 2.71 bits per heavy atom. The maximum atomic E-state index is 12.5. The van der Waals surface area contributed by atoms with Gasteiger partial charge in [0.1, 0.15) is 19.0 Å². The Hall–Kier alpha value is -2.71. The van der Waals surface area contributed by atoms with Crippen molar-refractivity contribution in [3.05, 3.63) is 53.9 Å². The summed E-state index contributed by atoms with van der Waals surface area (Å²) in [5.41, 5.74) is 0.968. The second kappa shape index (κ2) is 10.1. The average Bonchev–Trinajstić information content (AvgIpc) is 3.11. The smallest absolute Gasteiger partial charge is 0.248 e. The SMILES string of the molecule is C=CCn1c(=NC(=O)CCCSc2ccc(OC)cc2)sc2cc3c(cc21)OCCO3. The third-order valence-electron chi connectivity index (χ3n) is 4.74. The first-order valence-corrected chi connectivity index (χ1v) is 11.9. The van der Waals surface area contributed by atoms with Crippen molar-refractivity contribution in [1.29, 1.82) is 0 Å². The molecule has 1 amide bonds. The molecule has 8 heteroatoms. The Bertz CT molecular complexity index is 1150. The van der Waals surface area contributed by atoms with E-state index in [0.717, 1.165) is 44.5 Å². The molecule has 2 heterocycles. The van der Waals surface area contributed by atoms with E-state index in [-0.39, 0.29) is 5.91 Å². The van der Waals surface area contributed by atoms with Crippen LogP contribution in [-0.4, -0.2) is 36.6 Å². The number of hydrogen-bond acceptors (Lipinski definition) is 6. The molecular weight excluding hydrogens is 432 g/mol. The van der Waals surface area contributed by atoms with E-state index in [1.165, 1.54) is 11.3 Å². The fourth-order valence-electron chi connectivity index (χ4n) is 3.25. The molecule has 0 unspecified atom stereocenters. The number of carbonyl (C=O) groups excluding carboxylic acids is 1. The lowest BCUT2D eigenvalue weighted by Crippen LogP contribution is -2.17. The first-order chi connectivity index (χ1) is 15.2. The van der Waals surface area contributed by atoms with Gasteiger partial charge in [0.25, 0.3) is 0 Å². The number of carbonyl (C=O) groups is 1. The molecule has 0 saturated heterocycles. The van der Waals surface area contributed by atoms with Crippen LogP contribution in [0.15, 0.2) is 58.9 Å². The van der Waals surface area contributed by atoms with Crippen LogP contribution in [0, 0.1) is 0 Å². The molecule has 0 radical (unpaired) electrons. The summed E-state index contributed by atoms with van der Waals surface area (Å²) in [5, 5.41) is 0. The highest BCUT2D eigenvalue weighted by atomic mass is 32.2. The van der Waals surface area contributed by atoms with Gasteiger partial charge in [-0.25, -0.2) is 0 Å². The van der Waals surface area contributed by atoms with Crippen molar-refractivity contribution in [2.45, 2.75) is 24.3 Å². The van der Waals surface area contributed by atoms with Gasteiger partial charge in [-0.3, -0.25) is 4.79 Å². The maximum Gasteiger partial charge on any atom is 0.248 e. The number of allylic oxidation sites excluding steroid dienone is 1. The minimum Gasteiger partial charge on any atom is -0.497 e. The number of hydrogen-bond donors (Lipinski definition) is 0. The molecule has 2 aromatic carbocycles. The van der Waals surface area contributed by atoms with Crippen LogP contribution in [0.4, 0.5) is 0 Å². The van der Waals surface area contributed by atoms with E-state index in [9.17, 15) is 4.79 Å². The number of thioether (sulfide) groups is 1. The van der Waals surface area contributed by atoms with Crippen molar-refractivity contribution in [3.8, 4) is 17.2 Å². The molecule has 31 heavy (non-hydrogen) atoms. The Morgan fingerprint density at radius 2 is 2.00 bits per heavy atom. The molecular formula is C23H24N2O4S2. The lowest BCUT2D eigenvalue weighted by atomic mass is 10.2. The van der Waals surface area contributed by atoms with Crippen molar-refractivity contribution in [2.75, 3.05) is 26.1 Å². The second-order valence-electron chi connectivity index (χ2n) is 6.88. The molecule has 0 saturated carbocycles. The van der Waals surface area contributed by atoms with Gasteiger partial charge < -0.3 is 18.8 Å².